The zero-order valence-corrected chi connectivity index (χ0v) is 13.0. The van der Waals surface area contributed by atoms with Gasteiger partial charge in [0.15, 0.2) is 0 Å². The normalized spacial score (nSPS) is 19.3. The first kappa shape index (κ1) is 16.5. The van der Waals surface area contributed by atoms with Crippen LogP contribution in [0.3, 0.4) is 0 Å². The fraction of sp³-hybridized carbons (Fsp3) is 0.375. The number of hydrogen-bond donors (Lipinski definition) is 1. The fourth-order valence-electron chi connectivity index (χ4n) is 2.98. The molecular weight excluding hydrogens is 321 g/mol. The lowest BCUT2D eigenvalue weighted by molar-refractivity contribution is -0.140. The van der Waals surface area contributed by atoms with E-state index < -0.39 is 23.7 Å². The predicted octanol–water partition coefficient (Wildman–Crippen LogP) is 2.11. The van der Waals surface area contributed by atoms with E-state index >= 15 is 0 Å². The van der Waals surface area contributed by atoms with Crippen LogP contribution >= 0.6 is 0 Å². The molecule has 2 heterocycles. The van der Waals surface area contributed by atoms with Crippen LogP contribution < -0.4 is 5.32 Å². The van der Waals surface area contributed by atoms with Crippen molar-refractivity contribution in [2.24, 2.45) is 7.05 Å². The lowest BCUT2D eigenvalue weighted by Crippen LogP contribution is -2.50. The number of nitrogens with zero attached hydrogens (tertiary/aromatic N) is 3. The molecule has 0 aliphatic carbocycles. The summed E-state index contributed by atoms with van der Waals surface area (Å²) in [5.74, 6) is -0.417. The predicted molar refractivity (Wildman–Crippen MR) is 80.8 cm³/mol. The second-order valence-corrected chi connectivity index (χ2v) is 5.70. The maximum atomic E-state index is 13.3. The molecule has 1 aromatic heterocycles. The van der Waals surface area contributed by atoms with Crippen LogP contribution in [0.1, 0.15) is 22.9 Å². The largest absolute Gasteiger partial charge is 0.416 e. The highest BCUT2D eigenvalue weighted by Crippen LogP contribution is 2.37. The first-order valence-electron chi connectivity index (χ1n) is 7.52. The maximum Gasteiger partial charge on any atom is 0.416 e. The fourth-order valence-corrected chi connectivity index (χ4v) is 2.98. The van der Waals surface area contributed by atoms with Gasteiger partial charge in [-0.1, -0.05) is 18.2 Å². The van der Waals surface area contributed by atoms with Crippen LogP contribution in [0.5, 0.6) is 0 Å². The summed E-state index contributed by atoms with van der Waals surface area (Å²) in [6.45, 7) is 1.22. The molecule has 1 fully saturated rings. The molecule has 0 bridgehead atoms. The number of hydrogen-bond acceptors (Lipinski definition) is 3. The molecule has 24 heavy (non-hydrogen) atoms. The Kier molecular flexibility index (Phi) is 4.31. The lowest BCUT2D eigenvalue weighted by Gasteiger charge is -2.36. The number of carbonyl (C=O) groups is 1. The third-order valence-corrected chi connectivity index (χ3v) is 4.16. The van der Waals surface area contributed by atoms with Crippen molar-refractivity contribution < 1.29 is 18.0 Å². The number of alkyl halides is 3. The van der Waals surface area contributed by atoms with E-state index in [1.54, 1.807) is 28.9 Å². The molecule has 1 aromatic carbocycles. The van der Waals surface area contributed by atoms with Crippen molar-refractivity contribution in [2.75, 3.05) is 13.1 Å². The van der Waals surface area contributed by atoms with Gasteiger partial charge in [-0.25, -0.2) is 0 Å². The zero-order valence-electron chi connectivity index (χ0n) is 13.0. The van der Waals surface area contributed by atoms with Gasteiger partial charge in [-0.05, 0) is 17.7 Å². The highest BCUT2D eigenvalue weighted by molar-refractivity contribution is 5.84. The number of aryl methyl sites for hydroxylation is 1. The number of benzene rings is 1. The molecule has 128 valence electrons. The van der Waals surface area contributed by atoms with E-state index in [0.29, 0.717) is 19.6 Å². The first-order chi connectivity index (χ1) is 11.4. The molecule has 1 atom stereocenters. The molecule has 1 saturated heterocycles. The minimum Gasteiger partial charge on any atom is -0.353 e. The molecule has 1 amide bonds. The van der Waals surface area contributed by atoms with Gasteiger partial charge in [0.25, 0.3) is 0 Å². The Hall–Kier alpha value is -2.35. The number of amides is 1. The molecule has 1 N–H and O–H groups in total. The zero-order chi connectivity index (χ0) is 17.3. The molecule has 2 aromatic rings. The van der Waals surface area contributed by atoms with Gasteiger partial charge in [0.05, 0.1) is 11.3 Å². The number of nitrogens with one attached hydrogen (secondary N) is 1. The van der Waals surface area contributed by atoms with Crippen LogP contribution in [0.2, 0.25) is 0 Å². The second-order valence-electron chi connectivity index (χ2n) is 5.70. The van der Waals surface area contributed by atoms with Crippen molar-refractivity contribution in [2.45, 2.75) is 18.8 Å². The van der Waals surface area contributed by atoms with Crippen molar-refractivity contribution >= 4 is 5.91 Å². The Bertz CT molecular complexity index is 741. The molecule has 5 nitrogen and oxygen atoms in total. The molecule has 1 unspecified atom stereocenters. The number of halogens is 3. The van der Waals surface area contributed by atoms with Crippen molar-refractivity contribution in [3.63, 3.8) is 0 Å². The summed E-state index contributed by atoms with van der Waals surface area (Å²) < 4.78 is 41.7. The van der Waals surface area contributed by atoms with Crippen molar-refractivity contribution in [1.29, 1.82) is 0 Å². The molecule has 0 saturated carbocycles. The first-order valence-corrected chi connectivity index (χ1v) is 7.52. The standard InChI is InChI=1S/C16H17F3N4O/c1-22-11(6-7-21-22)10-23-9-8-20-15(24)14(23)12-4-2-3-5-13(12)16(17,18)19/h2-7,14H,8-10H2,1H3,(H,20,24). The van der Waals surface area contributed by atoms with E-state index in [-0.39, 0.29) is 5.56 Å². The highest BCUT2D eigenvalue weighted by atomic mass is 19.4. The quantitative estimate of drug-likeness (QED) is 0.933. The van der Waals surface area contributed by atoms with Crippen LogP contribution in [0, 0.1) is 0 Å². The molecule has 0 radical (unpaired) electrons. The third-order valence-electron chi connectivity index (χ3n) is 4.16. The van der Waals surface area contributed by atoms with Gasteiger partial charge >= 0.3 is 6.18 Å². The Balaban J connectivity index is 1.99. The average molecular weight is 338 g/mol. The van der Waals surface area contributed by atoms with Crippen LogP contribution in [-0.4, -0.2) is 33.7 Å². The lowest BCUT2D eigenvalue weighted by atomic mass is 9.96. The second kappa shape index (κ2) is 6.27. The summed E-state index contributed by atoms with van der Waals surface area (Å²) in [6.07, 6.45) is -2.88. The third kappa shape index (κ3) is 3.14. The number of rotatable bonds is 3. The minimum atomic E-state index is -4.51. The Morgan fingerprint density at radius 2 is 2.04 bits per heavy atom. The molecular formula is C16H17F3N4O. The summed E-state index contributed by atoms with van der Waals surface area (Å²) in [6, 6.07) is 6.05. The van der Waals surface area contributed by atoms with Gasteiger partial charge < -0.3 is 5.32 Å². The summed E-state index contributed by atoms with van der Waals surface area (Å²) >= 11 is 0. The summed E-state index contributed by atoms with van der Waals surface area (Å²) in [5, 5.41) is 6.73. The van der Waals surface area contributed by atoms with E-state index in [9.17, 15) is 18.0 Å². The van der Waals surface area contributed by atoms with Crippen LogP contribution in [0.4, 0.5) is 13.2 Å². The molecule has 0 spiro atoms. The number of aromatic nitrogens is 2. The number of carbonyl (C=O) groups excluding carboxylic acids is 1. The molecule has 8 heteroatoms. The van der Waals surface area contributed by atoms with Gasteiger partial charge in [-0.3, -0.25) is 14.4 Å². The summed E-state index contributed by atoms with van der Waals surface area (Å²) in [4.78, 5) is 14.1. The van der Waals surface area contributed by atoms with Crippen molar-refractivity contribution in [3.8, 4) is 0 Å². The van der Waals surface area contributed by atoms with Gasteiger partial charge in [0.2, 0.25) is 5.91 Å². The Morgan fingerprint density at radius 1 is 1.29 bits per heavy atom. The number of piperazine rings is 1. The average Bonchev–Trinajstić information content (AvgIpc) is 2.92. The Labute approximate surface area is 137 Å². The topological polar surface area (TPSA) is 50.2 Å². The van der Waals surface area contributed by atoms with Gasteiger partial charge in [-0.15, -0.1) is 0 Å². The van der Waals surface area contributed by atoms with Crippen LogP contribution in [0.15, 0.2) is 36.5 Å². The molecule has 1 aliphatic heterocycles. The van der Waals surface area contributed by atoms with E-state index in [1.807, 2.05) is 0 Å². The van der Waals surface area contributed by atoms with E-state index in [1.165, 1.54) is 18.2 Å². The van der Waals surface area contributed by atoms with E-state index in [0.717, 1.165) is 11.8 Å². The van der Waals surface area contributed by atoms with E-state index in [2.05, 4.69) is 10.4 Å². The molecule has 3 rings (SSSR count). The maximum absolute atomic E-state index is 13.3. The minimum absolute atomic E-state index is 0.0237. The van der Waals surface area contributed by atoms with Crippen LogP contribution in [-0.2, 0) is 24.6 Å². The van der Waals surface area contributed by atoms with Crippen molar-refractivity contribution in [1.82, 2.24) is 20.0 Å². The Morgan fingerprint density at radius 3 is 2.71 bits per heavy atom. The summed E-state index contributed by atoms with van der Waals surface area (Å²) in [7, 11) is 1.76. The smallest absolute Gasteiger partial charge is 0.353 e. The van der Waals surface area contributed by atoms with Crippen LogP contribution in [0.25, 0.3) is 0 Å². The summed E-state index contributed by atoms with van der Waals surface area (Å²) in [5.41, 5.74) is 0.0330. The SMILES string of the molecule is Cn1nccc1CN1CCNC(=O)C1c1ccccc1C(F)(F)F. The molecule has 1 aliphatic rings. The van der Waals surface area contributed by atoms with Gasteiger partial charge in [-0.2, -0.15) is 18.3 Å². The monoisotopic (exact) mass is 338 g/mol. The van der Waals surface area contributed by atoms with Gasteiger partial charge in [0.1, 0.15) is 6.04 Å². The highest BCUT2D eigenvalue weighted by Gasteiger charge is 2.40. The van der Waals surface area contributed by atoms with Gasteiger partial charge in [0, 0.05) is 32.9 Å². The van der Waals surface area contributed by atoms with E-state index in [4.69, 9.17) is 0 Å². The van der Waals surface area contributed by atoms with Crippen molar-refractivity contribution in [3.05, 3.63) is 53.3 Å².